The fourth-order valence-electron chi connectivity index (χ4n) is 2.15. The predicted octanol–water partition coefficient (Wildman–Crippen LogP) is 3.02. The molecule has 1 atom stereocenters. The van der Waals surface area contributed by atoms with Crippen molar-refractivity contribution in [1.29, 1.82) is 0 Å². The molecule has 1 saturated heterocycles. The Labute approximate surface area is 131 Å². The van der Waals surface area contributed by atoms with Crippen LogP contribution in [0, 0.1) is 11.6 Å². The molecule has 1 fully saturated rings. The van der Waals surface area contributed by atoms with Gasteiger partial charge in [-0.1, -0.05) is 0 Å². The molecular weight excluding hydrogens is 354 g/mol. The van der Waals surface area contributed by atoms with Crippen LogP contribution in [0.15, 0.2) is 16.6 Å². The van der Waals surface area contributed by atoms with E-state index in [4.69, 9.17) is 0 Å². The van der Waals surface area contributed by atoms with Crippen molar-refractivity contribution in [2.45, 2.75) is 25.3 Å². The molecule has 3 nitrogen and oxygen atoms in total. The lowest BCUT2D eigenvalue weighted by atomic mass is 10.1. The highest BCUT2D eigenvalue weighted by Crippen LogP contribution is 2.20. The molecule has 7 heteroatoms. The molecule has 0 saturated carbocycles. The van der Waals surface area contributed by atoms with Gasteiger partial charge in [0, 0.05) is 17.1 Å². The smallest absolute Gasteiger partial charge is 0.252 e. The molecule has 0 unspecified atom stereocenters. The topological polar surface area (TPSA) is 41.1 Å². The Balaban J connectivity index is 0.00000200. The molecule has 0 bridgehead atoms. The van der Waals surface area contributed by atoms with Crippen molar-refractivity contribution in [3.8, 4) is 0 Å². The Hall–Kier alpha value is -0.720. The summed E-state index contributed by atoms with van der Waals surface area (Å²) in [4.78, 5) is 11.9. The second-order valence-corrected chi connectivity index (χ2v) is 5.44. The second kappa shape index (κ2) is 7.90. The first-order valence-electron chi connectivity index (χ1n) is 6.24. The van der Waals surface area contributed by atoms with Gasteiger partial charge in [-0.25, -0.2) is 8.78 Å². The first kappa shape index (κ1) is 17.3. The Bertz CT molecular complexity index is 482. The molecule has 112 valence electrons. The van der Waals surface area contributed by atoms with Crippen LogP contribution in [-0.2, 0) is 0 Å². The number of hydrogen-bond donors (Lipinski definition) is 2. The van der Waals surface area contributed by atoms with E-state index in [1.165, 1.54) is 0 Å². The minimum absolute atomic E-state index is 0. The van der Waals surface area contributed by atoms with Crippen molar-refractivity contribution < 1.29 is 13.6 Å². The summed E-state index contributed by atoms with van der Waals surface area (Å²) in [5, 5.41) is 6.04. The Morgan fingerprint density at radius 3 is 2.75 bits per heavy atom. The minimum atomic E-state index is -1.02. The zero-order valence-corrected chi connectivity index (χ0v) is 13.1. The maximum Gasteiger partial charge on any atom is 0.252 e. The van der Waals surface area contributed by atoms with Gasteiger partial charge in [0.25, 0.3) is 5.91 Å². The molecule has 1 amide bonds. The maximum atomic E-state index is 13.1. The third-order valence-electron chi connectivity index (χ3n) is 3.20. The number of carbonyl (C=O) groups excluding carboxylic acids is 1. The van der Waals surface area contributed by atoms with Crippen molar-refractivity contribution in [2.75, 3.05) is 13.1 Å². The van der Waals surface area contributed by atoms with E-state index in [-0.39, 0.29) is 22.4 Å². The lowest BCUT2D eigenvalue weighted by Crippen LogP contribution is -2.30. The monoisotopic (exact) mass is 368 g/mol. The van der Waals surface area contributed by atoms with E-state index in [0.717, 1.165) is 37.9 Å². The second-order valence-electron chi connectivity index (χ2n) is 4.58. The molecule has 2 rings (SSSR count). The summed E-state index contributed by atoms with van der Waals surface area (Å²) in [7, 11) is 0. The van der Waals surface area contributed by atoms with Gasteiger partial charge in [-0.2, -0.15) is 0 Å². The molecule has 0 radical (unpaired) electrons. The molecule has 1 aromatic carbocycles. The number of hydrogen-bond acceptors (Lipinski definition) is 2. The van der Waals surface area contributed by atoms with Gasteiger partial charge >= 0.3 is 0 Å². The normalized spacial score (nSPS) is 17.6. The largest absolute Gasteiger partial charge is 0.352 e. The van der Waals surface area contributed by atoms with Crippen molar-refractivity contribution in [2.24, 2.45) is 0 Å². The number of amides is 1. The molecule has 2 N–H and O–H groups in total. The highest BCUT2D eigenvalue weighted by molar-refractivity contribution is 9.10. The molecule has 1 aliphatic rings. The summed E-state index contributed by atoms with van der Waals surface area (Å²) in [5.41, 5.74) is 0.110. The van der Waals surface area contributed by atoms with Crippen LogP contribution in [-0.4, -0.2) is 25.0 Å². The highest BCUT2D eigenvalue weighted by Gasteiger charge is 2.16. The first-order chi connectivity index (χ1) is 9.08. The lowest BCUT2D eigenvalue weighted by Gasteiger charge is -2.11. The molecule has 1 aromatic rings. The summed E-state index contributed by atoms with van der Waals surface area (Å²) in [6.45, 7) is 1.54. The van der Waals surface area contributed by atoms with E-state index in [9.17, 15) is 13.6 Å². The average molecular weight is 370 g/mol. The maximum absolute atomic E-state index is 13.1. The zero-order valence-electron chi connectivity index (χ0n) is 10.7. The van der Waals surface area contributed by atoms with Gasteiger partial charge in [0.05, 0.1) is 5.56 Å². The molecular formula is C13H16BrClF2N2O. The standard InChI is InChI=1S/C13H15BrF2N2O.ClH/c14-10-7-12(16)11(15)6-9(10)13(19)18-5-3-8-2-1-4-17-8;/h6-8,17H,1-5H2,(H,18,19);1H/t8-;/m1./s1. The predicted molar refractivity (Wildman–Crippen MR) is 79.3 cm³/mol. The van der Waals surface area contributed by atoms with Crippen LogP contribution in [0.2, 0.25) is 0 Å². The van der Waals surface area contributed by atoms with E-state index in [0.29, 0.717) is 12.6 Å². The van der Waals surface area contributed by atoms with E-state index < -0.39 is 17.5 Å². The van der Waals surface area contributed by atoms with Crippen LogP contribution in [0.1, 0.15) is 29.6 Å². The van der Waals surface area contributed by atoms with Crippen molar-refractivity contribution >= 4 is 34.2 Å². The van der Waals surface area contributed by atoms with Crippen LogP contribution >= 0.6 is 28.3 Å². The van der Waals surface area contributed by atoms with Crippen LogP contribution in [0.25, 0.3) is 0 Å². The molecule has 0 aliphatic carbocycles. The molecule has 0 aromatic heterocycles. The molecule has 20 heavy (non-hydrogen) atoms. The molecule has 0 spiro atoms. The van der Waals surface area contributed by atoms with Crippen LogP contribution in [0.3, 0.4) is 0 Å². The zero-order chi connectivity index (χ0) is 13.8. The van der Waals surface area contributed by atoms with Gasteiger partial charge in [0.2, 0.25) is 0 Å². The van der Waals surface area contributed by atoms with Gasteiger partial charge < -0.3 is 10.6 Å². The van der Waals surface area contributed by atoms with Crippen LogP contribution in [0.4, 0.5) is 8.78 Å². The fourth-order valence-corrected chi connectivity index (χ4v) is 2.65. The van der Waals surface area contributed by atoms with Gasteiger partial charge in [-0.05, 0) is 53.9 Å². The van der Waals surface area contributed by atoms with Crippen molar-refractivity contribution in [1.82, 2.24) is 10.6 Å². The summed E-state index contributed by atoms with van der Waals surface area (Å²) >= 11 is 3.06. The SMILES string of the molecule is Cl.O=C(NCC[C@H]1CCCN1)c1cc(F)c(F)cc1Br. The summed E-state index contributed by atoms with van der Waals surface area (Å²) < 4.78 is 26.3. The molecule has 1 aliphatic heterocycles. The molecule has 1 heterocycles. The number of carbonyl (C=O) groups is 1. The number of rotatable bonds is 4. The van der Waals surface area contributed by atoms with E-state index >= 15 is 0 Å². The van der Waals surface area contributed by atoms with Crippen molar-refractivity contribution in [3.63, 3.8) is 0 Å². The number of benzene rings is 1. The van der Waals surface area contributed by atoms with E-state index in [2.05, 4.69) is 26.6 Å². The van der Waals surface area contributed by atoms with E-state index in [1.54, 1.807) is 0 Å². The Morgan fingerprint density at radius 1 is 1.40 bits per heavy atom. The van der Waals surface area contributed by atoms with Crippen LogP contribution < -0.4 is 10.6 Å². The summed E-state index contributed by atoms with van der Waals surface area (Å²) in [6.07, 6.45) is 3.12. The third-order valence-corrected chi connectivity index (χ3v) is 3.85. The van der Waals surface area contributed by atoms with Gasteiger partial charge in [-0.3, -0.25) is 4.79 Å². The lowest BCUT2D eigenvalue weighted by molar-refractivity contribution is 0.0951. The average Bonchev–Trinajstić information content (AvgIpc) is 2.86. The first-order valence-corrected chi connectivity index (χ1v) is 7.03. The number of halogens is 4. The quantitative estimate of drug-likeness (QED) is 0.801. The Morgan fingerprint density at radius 2 is 2.10 bits per heavy atom. The minimum Gasteiger partial charge on any atom is -0.352 e. The Kier molecular flexibility index (Phi) is 6.85. The van der Waals surface area contributed by atoms with Crippen molar-refractivity contribution in [3.05, 3.63) is 33.8 Å². The third kappa shape index (κ3) is 4.40. The summed E-state index contributed by atoms with van der Waals surface area (Å²) in [6, 6.07) is 2.31. The van der Waals surface area contributed by atoms with E-state index in [1.807, 2.05) is 0 Å². The summed E-state index contributed by atoms with van der Waals surface area (Å²) in [5.74, 6) is -2.40. The fraction of sp³-hybridized carbons (Fsp3) is 0.462. The van der Waals surface area contributed by atoms with Crippen LogP contribution in [0.5, 0.6) is 0 Å². The highest BCUT2D eigenvalue weighted by atomic mass is 79.9. The van der Waals surface area contributed by atoms with Gasteiger partial charge in [0.1, 0.15) is 0 Å². The van der Waals surface area contributed by atoms with Gasteiger partial charge in [-0.15, -0.1) is 12.4 Å². The number of nitrogens with one attached hydrogen (secondary N) is 2. The van der Waals surface area contributed by atoms with Gasteiger partial charge in [0.15, 0.2) is 11.6 Å².